The van der Waals surface area contributed by atoms with Crippen molar-refractivity contribution in [1.82, 2.24) is 9.38 Å². The van der Waals surface area contributed by atoms with E-state index in [2.05, 4.69) is 15.6 Å². The van der Waals surface area contributed by atoms with Gasteiger partial charge < -0.3 is 20.1 Å². The second kappa shape index (κ2) is 9.22. The third-order valence-corrected chi connectivity index (χ3v) is 4.74. The number of aryl methyl sites for hydroxylation is 1. The van der Waals surface area contributed by atoms with Crippen LogP contribution in [0.3, 0.4) is 0 Å². The number of carbonyl (C=O) groups excluding carboxylic acids is 1. The number of aromatic nitrogens is 2. The maximum Gasteiger partial charge on any atom is 0.323 e. The second-order valence-corrected chi connectivity index (χ2v) is 7.08. The van der Waals surface area contributed by atoms with E-state index < -0.39 is 6.03 Å². The molecule has 0 bridgehead atoms. The Morgan fingerprint density at radius 2 is 1.62 bits per heavy atom. The average Bonchev–Trinajstić information content (AvgIpc) is 2.78. The van der Waals surface area contributed by atoms with Crippen LogP contribution in [0.2, 0.25) is 0 Å². The van der Waals surface area contributed by atoms with Gasteiger partial charge in [0.2, 0.25) is 0 Å². The van der Waals surface area contributed by atoms with E-state index in [4.69, 9.17) is 9.47 Å². The van der Waals surface area contributed by atoms with Gasteiger partial charge in [-0.2, -0.15) is 0 Å². The molecule has 0 saturated heterocycles. The van der Waals surface area contributed by atoms with Gasteiger partial charge in [-0.25, -0.2) is 9.78 Å². The van der Waals surface area contributed by atoms with Crippen molar-refractivity contribution in [3.63, 3.8) is 0 Å². The predicted molar refractivity (Wildman–Crippen MR) is 123 cm³/mol. The zero-order valence-electron chi connectivity index (χ0n) is 17.7. The molecule has 2 amide bonds. The van der Waals surface area contributed by atoms with Crippen molar-refractivity contribution in [1.29, 1.82) is 0 Å². The molecule has 4 aromatic rings. The number of nitrogens with one attached hydrogen (secondary N) is 2. The van der Waals surface area contributed by atoms with E-state index in [9.17, 15) is 9.59 Å². The summed E-state index contributed by atoms with van der Waals surface area (Å²) >= 11 is 0. The molecule has 0 unspecified atom stereocenters. The Morgan fingerprint density at radius 1 is 0.969 bits per heavy atom. The van der Waals surface area contributed by atoms with Crippen molar-refractivity contribution in [2.24, 2.45) is 0 Å². The average molecular weight is 430 g/mol. The van der Waals surface area contributed by atoms with Gasteiger partial charge in [0.25, 0.3) is 5.56 Å². The van der Waals surface area contributed by atoms with Gasteiger partial charge in [0.1, 0.15) is 23.8 Å². The molecule has 8 nitrogen and oxygen atoms in total. The molecule has 0 spiro atoms. The minimum Gasteiger partial charge on any atom is -0.495 e. The number of ether oxygens (including phenoxy) is 2. The molecule has 0 fully saturated rings. The van der Waals surface area contributed by atoms with Gasteiger partial charge >= 0.3 is 6.03 Å². The lowest BCUT2D eigenvalue weighted by Crippen LogP contribution is -2.20. The van der Waals surface area contributed by atoms with Crippen LogP contribution in [-0.4, -0.2) is 22.5 Å². The van der Waals surface area contributed by atoms with E-state index in [1.165, 1.54) is 17.6 Å². The van der Waals surface area contributed by atoms with E-state index in [0.29, 0.717) is 34.2 Å². The van der Waals surface area contributed by atoms with Gasteiger partial charge in [0, 0.05) is 12.3 Å². The van der Waals surface area contributed by atoms with Crippen LogP contribution in [0.4, 0.5) is 16.2 Å². The molecule has 0 aliphatic rings. The van der Waals surface area contributed by atoms with E-state index in [1.807, 2.05) is 25.1 Å². The molecule has 0 radical (unpaired) electrons. The summed E-state index contributed by atoms with van der Waals surface area (Å²) in [5, 5.41) is 5.53. The molecule has 2 heterocycles. The standard InChI is InChI=1S/C24H22N4O4/c1-16-11-12-28-22(13-16)25-17(14-23(28)29)15-32-21-10-6-4-8-19(21)27-24(30)26-18-7-3-5-9-20(18)31-2/h3-14H,15H2,1-2H3,(H2,26,27,30). The Hall–Kier alpha value is -4.33. The first kappa shape index (κ1) is 20.9. The summed E-state index contributed by atoms with van der Waals surface area (Å²) in [7, 11) is 1.54. The largest absolute Gasteiger partial charge is 0.495 e. The number of fused-ring (bicyclic) bond motifs is 1. The Labute approximate surface area is 184 Å². The summed E-state index contributed by atoms with van der Waals surface area (Å²) in [6.45, 7) is 2.01. The highest BCUT2D eigenvalue weighted by atomic mass is 16.5. The van der Waals surface area contributed by atoms with Crippen LogP contribution in [-0.2, 0) is 6.61 Å². The minimum atomic E-state index is -0.442. The van der Waals surface area contributed by atoms with Crippen molar-refractivity contribution in [3.05, 3.63) is 94.5 Å². The van der Waals surface area contributed by atoms with Crippen molar-refractivity contribution < 1.29 is 14.3 Å². The molecule has 0 atom stereocenters. The topological polar surface area (TPSA) is 94.0 Å². The summed E-state index contributed by atoms with van der Waals surface area (Å²) in [4.78, 5) is 29.4. The number of nitrogens with zero attached hydrogens (tertiary/aromatic N) is 2. The number of benzene rings is 2. The number of amides is 2. The summed E-state index contributed by atoms with van der Waals surface area (Å²) in [5.74, 6) is 1.00. The SMILES string of the molecule is COc1ccccc1NC(=O)Nc1ccccc1OCc1cc(=O)n2ccc(C)cc2n1. The molecule has 4 rings (SSSR count). The Kier molecular flexibility index (Phi) is 6.03. The maximum absolute atomic E-state index is 12.5. The lowest BCUT2D eigenvalue weighted by atomic mass is 10.3. The summed E-state index contributed by atoms with van der Waals surface area (Å²) in [6, 6.07) is 18.8. The third kappa shape index (κ3) is 4.70. The van der Waals surface area contributed by atoms with Crippen molar-refractivity contribution in [3.8, 4) is 11.5 Å². The monoisotopic (exact) mass is 430 g/mol. The first-order valence-corrected chi connectivity index (χ1v) is 9.95. The number of carbonyl (C=O) groups is 1. The normalized spacial score (nSPS) is 10.6. The number of hydrogen-bond donors (Lipinski definition) is 2. The van der Waals surface area contributed by atoms with Crippen molar-refractivity contribution in [2.75, 3.05) is 17.7 Å². The lowest BCUT2D eigenvalue weighted by Gasteiger charge is -2.14. The van der Waals surface area contributed by atoms with Crippen molar-refractivity contribution >= 4 is 23.1 Å². The van der Waals surface area contributed by atoms with Crippen molar-refractivity contribution in [2.45, 2.75) is 13.5 Å². The van der Waals surface area contributed by atoms with Crippen LogP contribution in [0.5, 0.6) is 11.5 Å². The maximum atomic E-state index is 12.5. The van der Waals surface area contributed by atoms with Crippen LogP contribution < -0.4 is 25.7 Å². The number of pyridine rings is 1. The van der Waals surface area contributed by atoms with Gasteiger partial charge in [-0.3, -0.25) is 9.20 Å². The first-order valence-electron chi connectivity index (χ1n) is 9.95. The second-order valence-electron chi connectivity index (χ2n) is 7.08. The fourth-order valence-electron chi connectivity index (χ4n) is 3.20. The number of anilines is 2. The molecule has 8 heteroatoms. The Morgan fingerprint density at radius 3 is 2.34 bits per heavy atom. The van der Waals surface area contributed by atoms with Gasteiger partial charge in [-0.15, -0.1) is 0 Å². The van der Waals surface area contributed by atoms with E-state index in [0.717, 1.165) is 5.56 Å². The number of urea groups is 1. The van der Waals surface area contributed by atoms with Gasteiger partial charge in [0.05, 0.1) is 24.2 Å². The van der Waals surface area contributed by atoms with Crippen LogP contribution in [0.1, 0.15) is 11.3 Å². The van der Waals surface area contributed by atoms with Crippen LogP contribution in [0.15, 0.2) is 77.7 Å². The lowest BCUT2D eigenvalue weighted by molar-refractivity contribution is 0.261. The summed E-state index contributed by atoms with van der Waals surface area (Å²) in [6.07, 6.45) is 1.70. The minimum absolute atomic E-state index is 0.0759. The van der Waals surface area contributed by atoms with Crippen LogP contribution >= 0.6 is 0 Å². The van der Waals surface area contributed by atoms with Crippen LogP contribution in [0, 0.1) is 6.92 Å². The molecule has 0 aliphatic carbocycles. The zero-order valence-corrected chi connectivity index (χ0v) is 17.7. The fraction of sp³-hybridized carbons (Fsp3) is 0.125. The molecule has 0 aliphatic heterocycles. The van der Waals surface area contributed by atoms with Gasteiger partial charge in [-0.05, 0) is 48.9 Å². The number of para-hydroxylation sites is 4. The van der Waals surface area contributed by atoms with E-state index in [1.54, 1.807) is 48.7 Å². The third-order valence-electron chi connectivity index (χ3n) is 4.74. The van der Waals surface area contributed by atoms with E-state index in [-0.39, 0.29) is 12.2 Å². The van der Waals surface area contributed by atoms with Gasteiger partial charge in [0.15, 0.2) is 0 Å². The highest BCUT2D eigenvalue weighted by Gasteiger charge is 2.11. The predicted octanol–water partition coefficient (Wildman–Crippen LogP) is 4.23. The molecular weight excluding hydrogens is 408 g/mol. The molecular formula is C24H22N4O4. The fourth-order valence-corrected chi connectivity index (χ4v) is 3.20. The smallest absolute Gasteiger partial charge is 0.323 e. The molecule has 2 aromatic heterocycles. The summed E-state index contributed by atoms with van der Waals surface area (Å²) in [5.41, 5.74) is 2.89. The summed E-state index contributed by atoms with van der Waals surface area (Å²) < 4.78 is 12.6. The Balaban J connectivity index is 1.49. The first-order chi connectivity index (χ1) is 15.5. The molecule has 2 aromatic carbocycles. The quantitative estimate of drug-likeness (QED) is 0.477. The number of hydrogen-bond acceptors (Lipinski definition) is 5. The molecule has 32 heavy (non-hydrogen) atoms. The zero-order chi connectivity index (χ0) is 22.5. The van der Waals surface area contributed by atoms with Crippen LogP contribution in [0.25, 0.3) is 5.65 Å². The highest BCUT2D eigenvalue weighted by Crippen LogP contribution is 2.26. The molecule has 0 saturated carbocycles. The highest BCUT2D eigenvalue weighted by molar-refractivity contribution is 6.01. The van der Waals surface area contributed by atoms with E-state index >= 15 is 0 Å². The number of methoxy groups -OCH3 is 1. The molecule has 162 valence electrons. The van der Waals surface area contributed by atoms with Gasteiger partial charge in [-0.1, -0.05) is 24.3 Å². The molecule has 2 N–H and O–H groups in total. The Bertz CT molecular complexity index is 1330. The number of rotatable bonds is 6.